The molecule has 0 aliphatic heterocycles. The quantitative estimate of drug-likeness (QED) is 0.531. The van der Waals surface area contributed by atoms with Crippen molar-refractivity contribution in [2.75, 3.05) is 7.11 Å². The highest BCUT2D eigenvalue weighted by molar-refractivity contribution is 7.13. The van der Waals surface area contributed by atoms with Crippen molar-refractivity contribution < 1.29 is 9.53 Å². The predicted molar refractivity (Wildman–Crippen MR) is 112 cm³/mol. The molecule has 1 amide bonds. The number of carbonyl (C=O) groups is 1. The molecule has 0 saturated carbocycles. The van der Waals surface area contributed by atoms with Gasteiger partial charge < -0.3 is 10.1 Å². The van der Waals surface area contributed by atoms with Crippen LogP contribution in [0.2, 0.25) is 0 Å². The first kappa shape index (κ1) is 18.8. The minimum absolute atomic E-state index is 0.201. The molecule has 7 nitrogen and oxygen atoms in total. The van der Waals surface area contributed by atoms with Crippen molar-refractivity contribution in [2.45, 2.75) is 6.54 Å². The van der Waals surface area contributed by atoms with E-state index in [1.54, 1.807) is 36.2 Å². The smallest absolute Gasteiger partial charge is 0.269 e. The molecule has 4 rings (SSSR count). The van der Waals surface area contributed by atoms with Gasteiger partial charge in [0.15, 0.2) is 0 Å². The topological polar surface area (TPSA) is 81.9 Å². The van der Waals surface area contributed by atoms with E-state index in [-0.39, 0.29) is 5.91 Å². The lowest BCUT2D eigenvalue weighted by Crippen LogP contribution is -2.25. The molecule has 0 aliphatic rings. The molecule has 1 aromatic carbocycles. The number of methoxy groups -OCH3 is 1. The van der Waals surface area contributed by atoms with E-state index in [1.807, 2.05) is 47.8 Å². The molecule has 0 spiro atoms. The van der Waals surface area contributed by atoms with Gasteiger partial charge in [-0.3, -0.25) is 9.48 Å². The van der Waals surface area contributed by atoms with Crippen LogP contribution < -0.4 is 10.1 Å². The molecule has 3 aromatic heterocycles. The van der Waals surface area contributed by atoms with E-state index in [0.29, 0.717) is 12.2 Å². The van der Waals surface area contributed by atoms with Gasteiger partial charge in [-0.25, -0.2) is 9.97 Å². The molecule has 0 aliphatic carbocycles. The number of aromatic nitrogens is 4. The van der Waals surface area contributed by atoms with Crippen LogP contribution in [0.4, 0.5) is 0 Å². The Kier molecular flexibility index (Phi) is 5.35. The van der Waals surface area contributed by atoms with Crippen LogP contribution in [-0.2, 0) is 13.6 Å². The second kappa shape index (κ2) is 8.24. The maximum atomic E-state index is 12.6. The number of carbonyl (C=O) groups excluding carboxylic acids is 1. The fourth-order valence-corrected chi connectivity index (χ4v) is 3.58. The van der Waals surface area contributed by atoms with Crippen molar-refractivity contribution in [3.8, 4) is 27.6 Å². The Morgan fingerprint density at radius 1 is 1.14 bits per heavy atom. The highest BCUT2D eigenvalue weighted by Gasteiger charge is 2.15. The van der Waals surface area contributed by atoms with Gasteiger partial charge in [0.1, 0.15) is 23.5 Å². The molecule has 4 aromatic rings. The van der Waals surface area contributed by atoms with Crippen molar-refractivity contribution in [3.05, 3.63) is 71.6 Å². The van der Waals surface area contributed by atoms with Gasteiger partial charge in [-0.1, -0.05) is 6.07 Å². The number of nitrogens with one attached hydrogen (secondary N) is 1. The summed E-state index contributed by atoms with van der Waals surface area (Å²) in [4.78, 5) is 22.2. The van der Waals surface area contributed by atoms with E-state index in [9.17, 15) is 4.79 Å². The summed E-state index contributed by atoms with van der Waals surface area (Å²) in [5.41, 5.74) is 3.74. The van der Waals surface area contributed by atoms with Gasteiger partial charge >= 0.3 is 0 Å². The summed E-state index contributed by atoms with van der Waals surface area (Å²) in [5, 5.41) is 9.32. The first-order valence-corrected chi connectivity index (χ1v) is 9.83. The molecule has 1 N–H and O–H groups in total. The minimum atomic E-state index is -0.201. The summed E-state index contributed by atoms with van der Waals surface area (Å²) in [7, 11) is 3.39. The van der Waals surface area contributed by atoms with Crippen molar-refractivity contribution in [2.24, 2.45) is 7.05 Å². The van der Waals surface area contributed by atoms with Crippen LogP contribution in [0.3, 0.4) is 0 Å². The summed E-state index contributed by atoms with van der Waals surface area (Å²) < 4.78 is 6.77. The molecule has 146 valence electrons. The van der Waals surface area contributed by atoms with Crippen LogP contribution in [0.1, 0.15) is 16.2 Å². The second-order valence-corrected chi connectivity index (χ2v) is 7.27. The van der Waals surface area contributed by atoms with Gasteiger partial charge in [-0.05, 0) is 47.8 Å². The Hall–Kier alpha value is -3.52. The van der Waals surface area contributed by atoms with Gasteiger partial charge in [-0.15, -0.1) is 11.3 Å². The molecule has 0 atom stereocenters. The fraction of sp³-hybridized carbons (Fsp3) is 0.143. The summed E-state index contributed by atoms with van der Waals surface area (Å²) in [6.07, 6.45) is 1.50. The van der Waals surface area contributed by atoms with E-state index >= 15 is 0 Å². The SMILES string of the molecule is COc1ccc(-c2cc(CNC(=O)c3cc(-c4cccs4)nn3C)ncn2)cc1. The van der Waals surface area contributed by atoms with Crippen LogP contribution in [0.25, 0.3) is 21.8 Å². The van der Waals surface area contributed by atoms with E-state index < -0.39 is 0 Å². The van der Waals surface area contributed by atoms with E-state index in [1.165, 1.54) is 6.33 Å². The number of amides is 1. The average Bonchev–Trinajstić information content (AvgIpc) is 3.42. The van der Waals surface area contributed by atoms with Crippen molar-refractivity contribution in [1.82, 2.24) is 25.1 Å². The maximum absolute atomic E-state index is 12.6. The molecule has 8 heteroatoms. The summed E-state index contributed by atoms with van der Waals surface area (Å²) >= 11 is 1.59. The molecule has 0 saturated heterocycles. The highest BCUT2D eigenvalue weighted by Crippen LogP contribution is 2.24. The molecular formula is C21H19N5O2S. The molecule has 0 radical (unpaired) electrons. The lowest BCUT2D eigenvalue weighted by molar-refractivity contribution is 0.0941. The van der Waals surface area contributed by atoms with Crippen LogP contribution >= 0.6 is 11.3 Å². The average molecular weight is 405 g/mol. The van der Waals surface area contributed by atoms with Crippen LogP contribution in [-0.4, -0.2) is 32.8 Å². The van der Waals surface area contributed by atoms with Gasteiger partial charge in [-0.2, -0.15) is 5.10 Å². The normalized spacial score (nSPS) is 10.7. The first-order valence-electron chi connectivity index (χ1n) is 8.95. The molecule has 29 heavy (non-hydrogen) atoms. The predicted octanol–water partition coefficient (Wildman–Crippen LogP) is 3.54. The monoisotopic (exact) mass is 405 g/mol. The highest BCUT2D eigenvalue weighted by atomic mass is 32.1. The number of hydrogen-bond acceptors (Lipinski definition) is 6. The number of ether oxygens (including phenoxy) is 1. The minimum Gasteiger partial charge on any atom is -0.497 e. The Labute approximate surface area is 172 Å². The largest absolute Gasteiger partial charge is 0.497 e. The van der Waals surface area contributed by atoms with E-state index in [4.69, 9.17) is 4.74 Å². The van der Waals surface area contributed by atoms with Crippen molar-refractivity contribution in [1.29, 1.82) is 0 Å². The van der Waals surface area contributed by atoms with Gasteiger partial charge in [0.05, 0.1) is 29.9 Å². The first-order chi connectivity index (χ1) is 14.1. The van der Waals surface area contributed by atoms with E-state index in [0.717, 1.165) is 33.3 Å². The zero-order chi connectivity index (χ0) is 20.2. The van der Waals surface area contributed by atoms with Crippen LogP contribution in [0.15, 0.2) is 60.2 Å². The number of benzene rings is 1. The van der Waals surface area contributed by atoms with Gasteiger partial charge in [0, 0.05) is 12.6 Å². The maximum Gasteiger partial charge on any atom is 0.269 e. The third kappa shape index (κ3) is 4.17. The third-order valence-corrected chi connectivity index (χ3v) is 5.32. The fourth-order valence-electron chi connectivity index (χ4n) is 2.90. The molecule has 3 heterocycles. The lowest BCUT2D eigenvalue weighted by atomic mass is 10.1. The molecular weight excluding hydrogens is 386 g/mol. The van der Waals surface area contributed by atoms with Gasteiger partial charge in [0.2, 0.25) is 0 Å². The van der Waals surface area contributed by atoms with E-state index in [2.05, 4.69) is 20.4 Å². The molecule has 0 bridgehead atoms. The molecule has 0 unspecified atom stereocenters. The zero-order valence-electron chi connectivity index (χ0n) is 16.0. The lowest BCUT2D eigenvalue weighted by Gasteiger charge is -2.07. The van der Waals surface area contributed by atoms with Crippen LogP contribution in [0.5, 0.6) is 5.75 Å². The number of hydrogen-bond donors (Lipinski definition) is 1. The van der Waals surface area contributed by atoms with Crippen molar-refractivity contribution in [3.63, 3.8) is 0 Å². The Balaban J connectivity index is 1.46. The number of nitrogens with zero attached hydrogens (tertiary/aromatic N) is 4. The summed E-state index contributed by atoms with van der Waals surface area (Å²) in [6, 6.07) is 15.2. The standard InChI is InChI=1S/C21H19N5O2S/c1-26-19(11-18(25-26)20-4-3-9-29-20)21(27)22-12-15-10-17(24-13-23-15)14-5-7-16(28-2)8-6-14/h3-11,13H,12H2,1-2H3,(H,22,27). The number of aryl methyl sites for hydroxylation is 1. The number of thiophene rings is 1. The second-order valence-electron chi connectivity index (χ2n) is 6.32. The number of rotatable bonds is 6. The van der Waals surface area contributed by atoms with Crippen LogP contribution in [0, 0.1) is 0 Å². The van der Waals surface area contributed by atoms with Gasteiger partial charge in [0.25, 0.3) is 5.91 Å². The molecule has 0 fully saturated rings. The Morgan fingerprint density at radius 2 is 1.97 bits per heavy atom. The van der Waals surface area contributed by atoms with Crippen molar-refractivity contribution >= 4 is 17.2 Å². The third-order valence-electron chi connectivity index (χ3n) is 4.43. The Morgan fingerprint density at radius 3 is 2.69 bits per heavy atom. The summed E-state index contributed by atoms with van der Waals surface area (Å²) in [5.74, 6) is 0.584. The Bertz CT molecular complexity index is 1120. The zero-order valence-corrected chi connectivity index (χ0v) is 16.8. The summed E-state index contributed by atoms with van der Waals surface area (Å²) in [6.45, 7) is 0.296.